The van der Waals surface area contributed by atoms with Gasteiger partial charge in [0.2, 0.25) is 0 Å². The minimum absolute atomic E-state index is 0.437. The summed E-state index contributed by atoms with van der Waals surface area (Å²) in [5.41, 5.74) is 0.327. The Labute approximate surface area is 83.8 Å². The highest BCUT2D eigenvalue weighted by molar-refractivity contribution is 5.80. The summed E-state index contributed by atoms with van der Waals surface area (Å²) in [5.74, 6) is 0. The molecule has 78 valence electrons. The van der Waals surface area contributed by atoms with Crippen LogP contribution < -0.4 is 0 Å². The Hall–Kier alpha value is -1.65. The fraction of sp³-hybridized carbons (Fsp3) is 0.200. The van der Waals surface area contributed by atoms with Crippen molar-refractivity contribution in [2.45, 2.75) is 13.1 Å². The van der Waals surface area contributed by atoms with Crippen LogP contribution in [0.4, 0.5) is 13.2 Å². The van der Waals surface area contributed by atoms with Crippen LogP contribution in [0.1, 0.15) is 11.3 Å². The highest BCUT2D eigenvalue weighted by Gasteiger charge is 2.31. The summed E-state index contributed by atoms with van der Waals surface area (Å²) in [6.45, 7) is 1.66. The van der Waals surface area contributed by atoms with Crippen molar-refractivity contribution in [2.75, 3.05) is 0 Å². The lowest BCUT2D eigenvalue weighted by Gasteiger charge is -2.07. The molecule has 15 heavy (non-hydrogen) atoms. The van der Waals surface area contributed by atoms with Gasteiger partial charge in [0, 0.05) is 23.5 Å². The van der Waals surface area contributed by atoms with Gasteiger partial charge in [-0.3, -0.25) is 9.97 Å². The lowest BCUT2D eigenvalue weighted by atomic mass is 10.1. The van der Waals surface area contributed by atoms with Crippen LogP contribution in [0.3, 0.4) is 0 Å². The molecular weight excluding hydrogens is 205 g/mol. The van der Waals surface area contributed by atoms with Gasteiger partial charge in [0.1, 0.15) is 0 Å². The summed E-state index contributed by atoms with van der Waals surface area (Å²) >= 11 is 0. The topological polar surface area (TPSA) is 25.8 Å². The van der Waals surface area contributed by atoms with Crippen LogP contribution >= 0.6 is 0 Å². The molecule has 0 radical (unpaired) electrons. The van der Waals surface area contributed by atoms with E-state index in [9.17, 15) is 13.2 Å². The molecule has 0 unspecified atom stereocenters. The molecular formula is C10H7F3N2. The minimum atomic E-state index is -4.36. The minimum Gasteiger partial charge on any atom is -0.261 e. The molecule has 2 aromatic rings. The molecule has 2 heterocycles. The van der Waals surface area contributed by atoms with Gasteiger partial charge in [-0.15, -0.1) is 0 Å². The first kappa shape index (κ1) is 9.89. The van der Waals surface area contributed by atoms with Crippen molar-refractivity contribution in [1.82, 2.24) is 9.97 Å². The number of halogens is 3. The van der Waals surface area contributed by atoms with Crippen molar-refractivity contribution >= 4 is 10.9 Å². The van der Waals surface area contributed by atoms with Crippen molar-refractivity contribution in [3.63, 3.8) is 0 Å². The number of fused-ring (bicyclic) bond motifs is 1. The maximum atomic E-state index is 12.4. The number of rotatable bonds is 0. The van der Waals surface area contributed by atoms with Gasteiger partial charge in [0.05, 0.1) is 11.1 Å². The molecule has 0 saturated carbocycles. The third-order valence-corrected chi connectivity index (χ3v) is 2.14. The van der Waals surface area contributed by atoms with E-state index < -0.39 is 11.7 Å². The van der Waals surface area contributed by atoms with E-state index in [1.54, 1.807) is 13.0 Å². The number of aromatic nitrogens is 2. The first-order valence-corrected chi connectivity index (χ1v) is 4.27. The van der Waals surface area contributed by atoms with E-state index in [-0.39, 0.29) is 0 Å². The van der Waals surface area contributed by atoms with Crippen molar-refractivity contribution in [3.05, 3.63) is 35.8 Å². The standard InChI is InChI=1S/C10H7F3N2/c1-6-8-4-7(10(11,12)13)5-15-9(8)2-3-14-6/h2-5H,1H3. The van der Waals surface area contributed by atoms with Crippen LogP contribution in [0, 0.1) is 6.92 Å². The highest BCUT2D eigenvalue weighted by atomic mass is 19.4. The largest absolute Gasteiger partial charge is 0.417 e. The Morgan fingerprint density at radius 2 is 1.93 bits per heavy atom. The summed E-state index contributed by atoms with van der Waals surface area (Å²) in [4.78, 5) is 7.67. The lowest BCUT2D eigenvalue weighted by Crippen LogP contribution is -2.05. The summed E-state index contributed by atoms with van der Waals surface area (Å²) in [6.07, 6.45) is -2.00. The molecule has 2 nitrogen and oxygen atoms in total. The second kappa shape index (κ2) is 3.18. The normalized spacial score (nSPS) is 12.0. The van der Waals surface area contributed by atoms with E-state index in [1.807, 2.05) is 0 Å². The van der Waals surface area contributed by atoms with Crippen molar-refractivity contribution in [2.24, 2.45) is 0 Å². The van der Waals surface area contributed by atoms with Gasteiger partial charge in [-0.1, -0.05) is 0 Å². The monoisotopic (exact) mass is 212 g/mol. The van der Waals surface area contributed by atoms with Crippen LogP contribution in [0.15, 0.2) is 24.5 Å². The molecule has 5 heteroatoms. The average molecular weight is 212 g/mol. The third kappa shape index (κ3) is 1.77. The van der Waals surface area contributed by atoms with Crippen LogP contribution in [-0.4, -0.2) is 9.97 Å². The second-order valence-corrected chi connectivity index (χ2v) is 3.18. The molecule has 2 rings (SSSR count). The van der Waals surface area contributed by atoms with Gasteiger partial charge in [-0.05, 0) is 19.1 Å². The quantitative estimate of drug-likeness (QED) is 0.670. The van der Waals surface area contributed by atoms with E-state index in [4.69, 9.17) is 0 Å². The van der Waals surface area contributed by atoms with Crippen LogP contribution in [0.25, 0.3) is 10.9 Å². The van der Waals surface area contributed by atoms with E-state index in [2.05, 4.69) is 9.97 Å². The van der Waals surface area contributed by atoms with E-state index in [0.29, 0.717) is 16.6 Å². The zero-order chi connectivity index (χ0) is 11.1. The maximum Gasteiger partial charge on any atom is 0.417 e. The predicted octanol–water partition coefficient (Wildman–Crippen LogP) is 2.96. The number of pyridine rings is 2. The molecule has 2 aromatic heterocycles. The second-order valence-electron chi connectivity index (χ2n) is 3.18. The first-order chi connectivity index (χ1) is 6.98. The van der Waals surface area contributed by atoms with E-state index in [1.165, 1.54) is 6.20 Å². The molecule has 0 aliphatic rings. The number of aryl methyl sites for hydroxylation is 1. The zero-order valence-electron chi connectivity index (χ0n) is 7.84. The van der Waals surface area contributed by atoms with E-state index in [0.717, 1.165) is 12.3 Å². The van der Waals surface area contributed by atoms with Gasteiger partial charge >= 0.3 is 6.18 Å². The molecule has 0 spiro atoms. The van der Waals surface area contributed by atoms with Crippen LogP contribution in [-0.2, 0) is 6.18 Å². The molecule has 0 saturated heterocycles. The number of hydrogen-bond acceptors (Lipinski definition) is 2. The Balaban J connectivity index is 2.70. The Bertz CT molecular complexity index is 505. The number of nitrogens with zero attached hydrogens (tertiary/aromatic N) is 2. The number of hydrogen-bond donors (Lipinski definition) is 0. The molecule has 0 amide bonds. The Morgan fingerprint density at radius 1 is 1.20 bits per heavy atom. The van der Waals surface area contributed by atoms with Gasteiger partial charge in [0.15, 0.2) is 0 Å². The lowest BCUT2D eigenvalue weighted by molar-refractivity contribution is -0.137. The molecule has 0 fully saturated rings. The summed E-state index contributed by atoms with van der Waals surface area (Å²) < 4.78 is 37.2. The third-order valence-electron chi connectivity index (χ3n) is 2.14. The van der Waals surface area contributed by atoms with Gasteiger partial charge in [-0.2, -0.15) is 13.2 Å². The average Bonchev–Trinajstić information content (AvgIpc) is 2.16. The van der Waals surface area contributed by atoms with Crippen molar-refractivity contribution in [1.29, 1.82) is 0 Å². The van der Waals surface area contributed by atoms with E-state index >= 15 is 0 Å². The molecule has 0 N–H and O–H groups in total. The predicted molar refractivity (Wildman–Crippen MR) is 49.3 cm³/mol. The smallest absolute Gasteiger partial charge is 0.261 e. The van der Waals surface area contributed by atoms with Gasteiger partial charge < -0.3 is 0 Å². The van der Waals surface area contributed by atoms with Crippen LogP contribution in [0.2, 0.25) is 0 Å². The Kier molecular flexibility index (Phi) is 2.10. The SMILES string of the molecule is Cc1nccc2ncc(C(F)(F)F)cc12. The molecule has 0 atom stereocenters. The molecule has 0 aromatic carbocycles. The van der Waals surface area contributed by atoms with Crippen molar-refractivity contribution < 1.29 is 13.2 Å². The van der Waals surface area contributed by atoms with Crippen LogP contribution in [0.5, 0.6) is 0 Å². The number of alkyl halides is 3. The van der Waals surface area contributed by atoms with Gasteiger partial charge in [-0.25, -0.2) is 0 Å². The summed E-state index contributed by atoms with van der Waals surface area (Å²) in [6, 6.07) is 2.66. The molecule has 0 bridgehead atoms. The van der Waals surface area contributed by atoms with Crippen molar-refractivity contribution in [3.8, 4) is 0 Å². The fourth-order valence-electron chi connectivity index (χ4n) is 1.34. The maximum absolute atomic E-state index is 12.4. The molecule has 0 aliphatic carbocycles. The molecule has 0 aliphatic heterocycles. The van der Waals surface area contributed by atoms with Gasteiger partial charge in [0.25, 0.3) is 0 Å². The summed E-state index contributed by atoms with van der Waals surface area (Å²) in [7, 11) is 0. The first-order valence-electron chi connectivity index (χ1n) is 4.27. The fourth-order valence-corrected chi connectivity index (χ4v) is 1.34. The summed E-state index contributed by atoms with van der Waals surface area (Å²) in [5, 5.41) is 0.437. The highest BCUT2D eigenvalue weighted by Crippen LogP contribution is 2.30. The zero-order valence-corrected chi connectivity index (χ0v) is 7.84. The Morgan fingerprint density at radius 3 is 2.60 bits per heavy atom.